The summed E-state index contributed by atoms with van der Waals surface area (Å²) in [6.07, 6.45) is 0. The molecule has 1 unspecified atom stereocenters. The Morgan fingerprint density at radius 3 is 3.05 bits per heavy atom. The number of amides is 1. The zero-order valence-electron chi connectivity index (χ0n) is 12.1. The Hall–Kier alpha value is -1.87. The van der Waals surface area contributed by atoms with Gasteiger partial charge >= 0.3 is 0 Å². The molecule has 1 aromatic carbocycles. The van der Waals surface area contributed by atoms with Crippen LogP contribution in [0.2, 0.25) is 0 Å². The maximum absolute atomic E-state index is 12.6. The quantitative estimate of drug-likeness (QED) is 0.759. The molecule has 0 aromatic heterocycles. The monoisotopic (exact) mass is 288 g/mol. The van der Waals surface area contributed by atoms with Crippen LogP contribution in [0, 0.1) is 18.8 Å². The summed E-state index contributed by atoms with van der Waals surface area (Å²) in [4.78, 5) is 14.3. The van der Waals surface area contributed by atoms with Crippen molar-refractivity contribution in [3.05, 3.63) is 34.9 Å². The van der Waals surface area contributed by atoms with Crippen molar-refractivity contribution in [3.8, 4) is 11.8 Å². The molecule has 1 saturated heterocycles. The number of ether oxygens (including phenoxy) is 1. The Morgan fingerprint density at radius 1 is 1.52 bits per heavy atom. The molecular formula is C16H20N2O3. The number of carbonyl (C=O) groups is 1. The van der Waals surface area contributed by atoms with Gasteiger partial charge in [0.15, 0.2) is 0 Å². The van der Waals surface area contributed by atoms with E-state index in [0.717, 1.165) is 11.1 Å². The highest BCUT2D eigenvalue weighted by Crippen LogP contribution is 2.15. The lowest BCUT2D eigenvalue weighted by molar-refractivity contribution is -0.0183. The van der Waals surface area contributed by atoms with Gasteiger partial charge in [0.25, 0.3) is 5.91 Å². The van der Waals surface area contributed by atoms with Crippen LogP contribution in [-0.4, -0.2) is 54.9 Å². The van der Waals surface area contributed by atoms with Gasteiger partial charge in [-0.2, -0.15) is 0 Å². The first kappa shape index (κ1) is 15.5. The Bertz CT molecular complexity index is 575. The summed E-state index contributed by atoms with van der Waals surface area (Å²) in [7, 11) is 0. The maximum Gasteiger partial charge on any atom is 0.254 e. The second-order valence-corrected chi connectivity index (χ2v) is 5.00. The zero-order valence-corrected chi connectivity index (χ0v) is 12.1. The topological polar surface area (TPSA) is 75.8 Å². The van der Waals surface area contributed by atoms with E-state index in [1.165, 1.54) is 0 Å². The first-order valence-corrected chi connectivity index (χ1v) is 6.96. The van der Waals surface area contributed by atoms with Crippen molar-refractivity contribution in [1.82, 2.24) is 4.90 Å². The second-order valence-electron chi connectivity index (χ2n) is 5.00. The van der Waals surface area contributed by atoms with Gasteiger partial charge in [0.05, 0.1) is 32.4 Å². The number of hydrogen-bond donors (Lipinski definition) is 2. The predicted molar refractivity (Wildman–Crippen MR) is 79.8 cm³/mol. The zero-order chi connectivity index (χ0) is 15.2. The summed E-state index contributed by atoms with van der Waals surface area (Å²) < 4.78 is 5.30. The number of carbonyl (C=O) groups excluding carboxylic acids is 1. The smallest absolute Gasteiger partial charge is 0.254 e. The lowest BCUT2D eigenvalue weighted by atomic mass is 10.0. The minimum Gasteiger partial charge on any atom is -0.394 e. The van der Waals surface area contributed by atoms with Crippen LogP contribution in [-0.2, 0) is 4.74 Å². The van der Waals surface area contributed by atoms with Crippen LogP contribution in [0.4, 0.5) is 0 Å². The van der Waals surface area contributed by atoms with Gasteiger partial charge in [0.1, 0.15) is 0 Å². The van der Waals surface area contributed by atoms with Crippen LogP contribution in [0.3, 0.4) is 0 Å². The number of aliphatic hydroxyl groups excluding tert-OH is 1. The molecule has 3 N–H and O–H groups in total. The van der Waals surface area contributed by atoms with E-state index in [4.69, 9.17) is 10.5 Å². The summed E-state index contributed by atoms with van der Waals surface area (Å²) in [6, 6.07) is 5.23. The number of rotatable bonds is 2. The average molecular weight is 288 g/mol. The number of hydrogen-bond acceptors (Lipinski definition) is 4. The molecule has 0 saturated carbocycles. The standard InChI is InChI=1S/C16H20N2O3/c1-12-7-13(3-2-4-17)9-14(8-12)16(20)18-5-6-21-11-15(18)10-19/h7-9,15,19H,4-6,10-11,17H2,1H3. The number of nitrogens with zero attached hydrogens (tertiary/aromatic N) is 1. The van der Waals surface area contributed by atoms with Crippen LogP contribution in [0.15, 0.2) is 18.2 Å². The minimum atomic E-state index is -0.287. The van der Waals surface area contributed by atoms with Gasteiger partial charge < -0.3 is 20.5 Å². The molecule has 1 amide bonds. The lowest BCUT2D eigenvalue weighted by Gasteiger charge is -2.34. The number of morpholine rings is 1. The number of nitrogens with two attached hydrogens (primary N) is 1. The van der Waals surface area contributed by atoms with E-state index in [1.807, 2.05) is 19.1 Å². The third-order valence-corrected chi connectivity index (χ3v) is 3.36. The molecule has 1 fully saturated rings. The van der Waals surface area contributed by atoms with E-state index in [9.17, 15) is 9.90 Å². The van der Waals surface area contributed by atoms with Crippen LogP contribution < -0.4 is 5.73 Å². The van der Waals surface area contributed by atoms with Crippen molar-refractivity contribution in [3.63, 3.8) is 0 Å². The van der Waals surface area contributed by atoms with Gasteiger partial charge in [0, 0.05) is 17.7 Å². The highest BCUT2D eigenvalue weighted by atomic mass is 16.5. The van der Waals surface area contributed by atoms with Gasteiger partial charge in [-0.1, -0.05) is 11.8 Å². The van der Waals surface area contributed by atoms with Crippen LogP contribution in [0.25, 0.3) is 0 Å². The highest BCUT2D eigenvalue weighted by Gasteiger charge is 2.27. The van der Waals surface area contributed by atoms with Gasteiger partial charge in [0.2, 0.25) is 0 Å². The Labute approximate surface area is 124 Å². The van der Waals surface area contributed by atoms with E-state index >= 15 is 0 Å². The molecule has 5 heteroatoms. The number of aliphatic hydroxyl groups is 1. The first-order valence-electron chi connectivity index (χ1n) is 6.96. The molecule has 0 bridgehead atoms. The molecule has 1 atom stereocenters. The van der Waals surface area contributed by atoms with Crippen molar-refractivity contribution in [2.24, 2.45) is 5.73 Å². The maximum atomic E-state index is 12.6. The molecule has 21 heavy (non-hydrogen) atoms. The minimum absolute atomic E-state index is 0.0998. The van der Waals surface area contributed by atoms with Crippen LogP contribution in [0.5, 0.6) is 0 Å². The van der Waals surface area contributed by atoms with Crippen LogP contribution >= 0.6 is 0 Å². The summed E-state index contributed by atoms with van der Waals surface area (Å²) in [5.74, 6) is 5.64. The molecule has 0 radical (unpaired) electrons. The molecule has 112 valence electrons. The van der Waals surface area contributed by atoms with Crippen molar-refractivity contribution >= 4 is 5.91 Å². The molecule has 1 aliphatic rings. The highest BCUT2D eigenvalue weighted by molar-refractivity contribution is 5.95. The normalized spacial score (nSPS) is 18.0. The first-order chi connectivity index (χ1) is 10.2. The predicted octanol–water partition coefficient (Wildman–Crippen LogP) is 0.139. The molecule has 1 heterocycles. The van der Waals surface area contributed by atoms with Gasteiger partial charge in [-0.25, -0.2) is 0 Å². The Morgan fingerprint density at radius 2 is 2.33 bits per heavy atom. The molecule has 5 nitrogen and oxygen atoms in total. The SMILES string of the molecule is Cc1cc(C#CCN)cc(C(=O)N2CCOCC2CO)c1. The van der Waals surface area contributed by atoms with Crippen molar-refractivity contribution in [2.45, 2.75) is 13.0 Å². The number of benzene rings is 1. The Balaban J connectivity index is 2.27. The summed E-state index contributed by atoms with van der Waals surface area (Å²) in [5.41, 5.74) is 7.70. The lowest BCUT2D eigenvalue weighted by Crippen LogP contribution is -2.50. The fourth-order valence-electron chi connectivity index (χ4n) is 2.37. The second kappa shape index (κ2) is 7.23. The number of aryl methyl sites for hydroxylation is 1. The summed E-state index contributed by atoms with van der Waals surface area (Å²) in [6.45, 7) is 3.46. The van der Waals surface area contributed by atoms with E-state index in [-0.39, 0.29) is 25.1 Å². The molecule has 2 rings (SSSR count). The van der Waals surface area contributed by atoms with Gasteiger partial charge in [-0.15, -0.1) is 0 Å². The van der Waals surface area contributed by atoms with Crippen molar-refractivity contribution in [1.29, 1.82) is 0 Å². The molecule has 0 aliphatic carbocycles. The van der Waals surface area contributed by atoms with Gasteiger partial charge in [-0.3, -0.25) is 4.79 Å². The summed E-state index contributed by atoms with van der Waals surface area (Å²) >= 11 is 0. The van der Waals surface area contributed by atoms with Crippen LogP contribution in [0.1, 0.15) is 21.5 Å². The van der Waals surface area contributed by atoms with E-state index in [0.29, 0.717) is 25.3 Å². The van der Waals surface area contributed by atoms with E-state index < -0.39 is 0 Å². The fourth-order valence-corrected chi connectivity index (χ4v) is 2.37. The van der Waals surface area contributed by atoms with Crippen molar-refractivity contribution in [2.75, 3.05) is 32.9 Å². The molecule has 0 spiro atoms. The third-order valence-electron chi connectivity index (χ3n) is 3.36. The van der Waals surface area contributed by atoms with Crippen molar-refractivity contribution < 1.29 is 14.6 Å². The van der Waals surface area contributed by atoms with E-state index in [1.54, 1.807) is 11.0 Å². The third kappa shape index (κ3) is 3.82. The Kier molecular flexibility index (Phi) is 5.34. The molecule has 1 aromatic rings. The average Bonchev–Trinajstić information content (AvgIpc) is 2.51. The molecular weight excluding hydrogens is 268 g/mol. The summed E-state index contributed by atoms with van der Waals surface area (Å²) in [5, 5.41) is 9.37. The molecule has 1 aliphatic heterocycles. The fraction of sp³-hybridized carbons (Fsp3) is 0.438. The van der Waals surface area contributed by atoms with Gasteiger partial charge in [-0.05, 0) is 30.7 Å². The van der Waals surface area contributed by atoms with E-state index in [2.05, 4.69) is 11.8 Å². The largest absolute Gasteiger partial charge is 0.394 e.